The Labute approximate surface area is 331 Å². The maximum Gasteiger partial charge on any atom is 0.306 e. The maximum absolute atomic E-state index is 12.8. The number of allylic oxidation sites excluding steroid dienone is 2. The fourth-order valence-electron chi connectivity index (χ4n) is 7.08. The summed E-state index contributed by atoms with van der Waals surface area (Å²) in [4.78, 5) is 12.8. The van der Waals surface area contributed by atoms with E-state index in [-0.39, 0.29) is 19.2 Å². The predicted molar refractivity (Wildman–Crippen MR) is 219 cm³/mol. The average Bonchev–Trinajstić information content (AvgIpc) is 3.17. The van der Waals surface area contributed by atoms with E-state index in [0.29, 0.717) is 13.0 Å². The van der Waals surface area contributed by atoms with Crippen LogP contribution in [0.15, 0.2) is 12.2 Å². The van der Waals surface area contributed by atoms with Crippen LogP contribution in [-0.2, 0) is 23.7 Å². The van der Waals surface area contributed by atoms with Crippen molar-refractivity contribution in [3.05, 3.63) is 12.2 Å². The van der Waals surface area contributed by atoms with Gasteiger partial charge in [-0.25, -0.2) is 0 Å². The van der Waals surface area contributed by atoms with Crippen molar-refractivity contribution >= 4 is 5.97 Å². The Hall–Kier alpha value is -1.07. The molecule has 0 aromatic rings. The molecule has 0 aromatic carbocycles. The summed E-state index contributed by atoms with van der Waals surface area (Å²) < 4.78 is 22.8. The van der Waals surface area contributed by atoms with Crippen molar-refractivity contribution in [3.63, 3.8) is 0 Å². The second-order valence-electron chi connectivity index (χ2n) is 15.9. The lowest BCUT2D eigenvalue weighted by atomic mass is 9.99. The molecule has 0 aromatic heterocycles. The van der Waals surface area contributed by atoms with E-state index in [0.717, 1.165) is 32.1 Å². The molecule has 0 spiro atoms. The van der Waals surface area contributed by atoms with Crippen LogP contribution in [0.5, 0.6) is 0 Å². The first-order valence-corrected chi connectivity index (χ1v) is 22.8. The molecule has 0 saturated carbocycles. The average molecular weight is 771 g/mol. The number of ether oxygens (including phenoxy) is 4. The third-order valence-corrected chi connectivity index (χ3v) is 10.7. The van der Waals surface area contributed by atoms with Crippen molar-refractivity contribution in [2.75, 3.05) is 26.4 Å². The zero-order valence-electron chi connectivity index (χ0n) is 35.0. The molecule has 6 atom stereocenters. The summed E-state index contributed by atoms with van der Waals surface area (Å²) in [5.41, 5.74) is 0. The Kier molecular flexibility index (Phi) is 35.4. The van der Waals surface area contributed by atoms with Crippen LogP contribution < -0.4 is 0 Å². The highest BCUT2D eigenvalue weighted by molar-refractivity contribution is 5.69. The lowest BCUT2D eigenvalue weighted by molar-refractivity contribution is -0.305. The molecule has 6 unspecified atom stereocenters. The molecule has 1 saturated heterocycles. The third-order valence-electron chi connectivity index (χ3n) is 10.7. The van der Waals surface area contributed by atoms with Gasteiger partial charge in [-0.05, 0) is 38.5 Å². The molecule has 1 rings (SSSR count). The summed E-state index contributed by atoms with van der Waals surface area (Å²) in [5.74, 6) is -0.312. The molecule has 320 valence electrons. The highest BCUT2D eigenvalue weighted by Crippen LogP contribution is 2.23. The van der Waals surface area contributed by atoms with Crippen molar-refractivity contribution in [1.29, 1.82) is 0 Å². The highest BCUT2D eigenvalue weighted by Gasteiger charge is 2.44. The predicted octanol–water partition coefficient (Wildman–Crippen LogP) is 10.0. The lowest BCUT2D eigenvalue weighted by Crippen LogP contribution is -2.59. The van der Waals surface area contributed by atoms with Crippen LogP contribution in [0.1, 0.15) is 206 Å². The summed E-state index contributed by atoms with van der Waals surface area (Å²) in [7, 11) is 0. The molecular weight excluding hydrogens is 684 g/mol. The van der Waals surface area contributed by atoms with E-state index < -0.39 is 43.4 Å². The summed E-state index contributed by atoms with van der Waals surface area (Å²) >= 11 is 0. The van der Waals surface area contributed by atoms with Gasteiger partial charge in [0.2, 0.25) is 0 Å². The van der Waals surface area contributed by atoms with E-state index in [1.54, 1.807) is 0 Å². The monoisotopic (exact) mass is 771 g/mol. The van der Waals surface area contributed by atoms with E-state index in [9.17, 15) is 25.2 Å². The van der Waals surface area contributed by atoms with Gasteiger partial charge < -0.3 is 39.4 Å². The zero-order chi connectivity index (χ0) is 39.3. The Balaban J connectivity index is 2.26. The standard InChI is InChI=1S/C45H86O9/c1-3-5-7-9-11-13-15-17-19-21-23-25-27-29-31-33-35-51-37-39(38-52-45-44(50)43(49)42(48)40(36-46)54-45)53-41(47)34-32-30-28-26-24-22-20-18-16-14-12-10-8-6-4-2/h17,19,39-40,42-46,48-50H,3-16,18,20-38H2,1-2H3/b19-17-. The Morgan fingerprint density at radius 2 is 1.02 bits per heavy atom. The topological polar surface area (TPSA) is 135 Å². The minimum absolute atomic E-state index is 0.110. The van der Waals surface area contributed by atoms with Gasteiger partial charge in [-0.3, -0.25) is 4.79 Å². The molecule has 1 aliphatic rings. The summed E-state index contributed by atoms with van der Waals surface area (Å²) in [6.45, 7) is 4.57. The molecule has 1 fully saturated rings. The molecule has 0 bridgehead atoms. The van der Waals surface area contributed by atoms with Gasteiger partial charge in [0, 0.05) is 13.0 Å². The van der Waals surface area contributed by atoms with Gasteiger partial charge in [0.15, 0.2) is 6.29 Å². The fourth-order valence-corrected chi connectivity index (χ4v) is 7.08. The zero-order valence-corrected chi connectivity index (χ0v) is 35.0. The molecule has 4 N–H and O–H groups in total. The quantitative estimate of drug-likeness (QED) is 0.0274. The van der Waals surface area contributed by atoms with Crippen molar-refractivity contribution in [2.24, 2.45) is 0 Å². The van der Waals surface area contributed by atoms with Gasteiger partial charge in [-0.1, -0.05) is 174 Å². The Morgan fingerprint density at radius 1 is 0.574 bits per heavy atom. The summed E-state index contributed by atoms with van der Waals surface area (Å²) in [6, 6.07) is 0. The van der Waals surface area contributed by atoms with Crippen LogP contribution in [0.3, 0.4) is 0 Å². The molecular formula is C45H86O9. The third kappa shape index (κ3) is 28.3. The van der Waals surface area contributed by atoms with Gasteiger partial charge in [-0.2, -0.15) is 0 Å². The molecule has 9 nitrogen and oxygen atoms in total. The van der Waals surface area contributed by atoms with Crippen LogP contribution in [-0.4, -0.2) is 89.6 Å². The van der Waals surface area contributed by atoms with E-state index in [4.69, 9.17) is 18.9 Å². The van der Waals surface area contributed by atoms with Crippen LogP contribution >= 0.6 is 0 Å². The number of carbonyl (C=O) groups is 1. The van der Waals surface area contributed by atoms with Crippen molar-refractivity contribution in [1.82, 2.24) is 0 Å². The van der Waals surface area contributed by atoms with Gasteiger partial charge in [0.25, 0.3) is 0 Å². The molecule has 1 aliphatic heterocycles. The first kappa shape index (κ1) is 50.9. The number of aliphatic hydroxyl groups excluding tert-OH is 4. The largest absolute Gasteiger partial charge is 0.457 e. The Morgan fingerprint density at radius 3 is 1.50 bits per heavy atom. The molecule has 0 radical (unpaired) electrons. The fraction of sp³-hybridized carbons (Fsp3) is 0.933. The van der Waals surface area contributed by atoms with Gasteiger partial charge in [0.05, 0.1) is 19.8 Å². The number of aliphatic hydroxyl groups is 4. The molecule has 0 aliphatic carbocycles. The van der Waals surface area contributed by atoms with Gasteiger partial charge in [0.1, 0.15) is 30.5 Å². The second kappa shape index (κ2) is 37.5. The number of carbonyl (C=O) groups excluding carboxylic acids is 1. The highest BCUT2D eigenvalue weighted by atomic mass is 16.7. The second-order valence-corrected chi connectivity index (χ2v) is 15.9. The SMILES string of the molecule is CCCCCCCC/C=C\CCCCCCCCOCC(COC1OC(CO)C(O)C(O)C1O)OC(=O)CCCCCCCCCCCCCCCCC. The van der Waals surface area contributed by atoms with E-state index in [1.165, 1.54) is 154 Å². The smallest absolute Gasteiger partial charge is 0.306 e. The Bertz CT molecular complexity index is 838. The van der Waals surface area contributed by atoms with Gasteiger partial charge in [-0.15, -0.1) is 0 Å². The summed E-state index contributed by atoms with van der Waals surface area (Å²) in [5, 5.41) is 40.1. The molecule has 0 amide bonds. The van der Waals surface area contributed by atoms with E-state index in [1.807, 2.05) is 0 Å². The van der Waals surface area contributed by atoms with Crippen LogP contribution in [0.4, 0.5) is 0 Å². The van der Waals surface area contributed by atoms with Gasteiger partial charge >= 0.3 is 5.97 Å². The van der Waals surface area contributed by atoms with E-state index in [2.05, 4.69) is 26.0 Å². The van der Waals surface area contributed by atoms with E-state index >= 15 is 0 Å². The number of esters is 1. The summed E-state index contributed by atoms with van der Waals surface area (Å²) in [6.07, 6.45) is 33.7. The first-order chi connectivity index (χ1) is 26.4. The molecule has 54 heavy (non-hydrogen) atoms. The minimum Gasteiger partial charge on any atom is -0.457 e. The maximum atomic E-state index is 12.8. The van der Waals surface area contributed by atoms with Crippen molar-refractivity contribution < 1.29 is 44.2 Å². The lowest BCUT2D eigenvalue weighted by Gasteiger charge is -2.39. The van der Waals surface area contributed by atoms with Crippen molar-refractivity contribution in [3.8, 4) is 0 Å². The number of hydrogen-bond donors (Lipinski definition) is 4. The van der Waals surface area contributed by atoms with Crippen molar-refractivity contribution in [2.45, 2.75) is 243 Å². The number of unbranched alkanes of at least 4 members (excludes halogenated alkanes) is 26. The number of hydrogen-bond acceptors (Lipinski definition) is 9. The minimum atomic E-state index is -1.53. The normalized spacial score (nSPS) is 20.9. The van der Waals surface area contributed by atoms with Crippen LogP contribution in [0.25, 0.3) is 0 Å². The first-order valence-electron chi connectivity index (χ1n) is 22.8. The van der Waals surface area contributed by atoms with Crippen LogP contribution in [0.2, 0.25) is 0 Å². The number of rotatable bonds is 39. The molecule has 1 heterocycles. The molecule has 9 heteroatoms. The van der Waals surface area contributed by atoms with Crippen LogP contribution in [0, 0.1) is 0 Å².